The highest BCUT2D eigenvalue weighted by molar-refractivity contribution is 7.92. The van der Waals surface area contributed by atoms with Gasteiger partial charge >= 0.3 is 0 Å². The van der Waals surface area contributed by atoms with Crippen molar-refractivity contribution >= 4 is 27.5 Å². The van der Waals surface area contributed by atoms with Crippen LogP contribution < -0.4 is 19.1 Å². The number of hydrogen-bond acceptors (Lipinski definition) is 6. The highest BCUT2D eigenvalue weighted by atomic mass is 32.2. The number of nitrogens with zero attached hydrogens (tertiary/aromatic N) is 2. The number of carbonyl (C=O) groups is 2. The summed E-state index contributed by atoms with van der Waals surface area (Å²) in [5.41, 5.74) is 1.54. The number of hydrogen-bond donors (Lipinski definition) is 1. The molecule has 9 nitrogen and oxygen atoms in total. The minimum Gasteiger partial charge on any atom is -0.454 e. The van der Waals surface area contributed by atoms with Gasteiger partial charge in [0.2, 0.25) is 28.6 Å². The number of rotatable bonds is 12. The summed E-state index contributed by atoms with van der Waals surface area (Å²) in [6, 6.07) is 14.4. The van der Waals surface area contributed by atoms with Crippen LogP contribution in [-0.4, -0.2) is 63.4 Å². The highest BCUT2D eigenvalue weighted by Crippen LogP contribution is 2.36. The van der Waals surface area contributed by atoms with Crippen LogP contribution in [0.4, 0.5) is 5.69 Å². The first-order chi connectivity index (χ1) is 18.7. The molecule has 1 aliphatic carbocycles. The van der Waals surface area contributed by atoms with Gasteiger partial charge in [0.1, 0.15) is 6.04 Å². The fourth-order valence-electron chi connectivity index (χ4n) is 5.18. The molecule has 1 unspecified atom stereocenters. The van der Waals surface area contributed by atoms with Gasteiger partial charge in [0.05, 0.1) is 11.9 Å². The number of sulfonamides is 1. The van der Waals surface area contributed by atoms with Crippen molar-refractivity contribution < 1.29 is 27.5 Å². The van der Waals surface area contributed by atoms with Crippen LogP contribution in [0.15, 0.2) is 48.5 Å². The van der Waals surface area contributed by atoms with E-state index < -0.39 is 16.1 Å². The number of anilines is 1. The second-order valence-electron chi connectivity index (χ2n) is 10.3. The van der Waals surface area contributed by atoms with E-state index in [1.165, 1.54) is 10.7 Å². The molecule has 212 valence electrons. The first-order valence-corrected chi connectivity index (χ1v) is 15.6. The molecule has 0 bridgehead atoms. The van der Waals surface area contributed by atoms with Crippen molar-refractivity contribution in [2.45, 2.75) is 70.4 Å². The summed E-state index contributed by atoms with van der Waals surface area (Å²) in [4.78, 5) is 28.2. The van der Waals surface area contributed by atoms with E-state index in [1.54, 1.807) is 30.0 Å². The molecular formula is C29H39N3O6S. The van der Waals surface area contributed by atoms with E-state index >= 15 is 0 Å². The topological polar surface area (TPSA) is 105 Å². The first kappa shape index (κ1) is 28.7. The third-order valence-corrected chi connectivity index (χ3v) is 8.59. The highest BCUT2D eigenvalue weighted by Gasteiger charge is 2.28. The second-order valence-corrected chi connectivity index (χ2v) is 12.2. The Bertz CT molecular complexity index is 1230. The molecule has 1 fully saturated rings. The zero-order valence-corrected chi connectivity index (χ0v) is 23.6. The predicted molar refractivity (Wildman–Crippen MR) is 150 cm³/mol. The van der Waals surface area contributed by atoms with Gasteiger partial charge in [-0.2, -0.15) is 0 Å². The van der Waals surface area contributed by atoms with Gasteiger partial charge < -0.3 is 19.7 Å². The molecule has 1 heterocycles. The van der Waals surface area contributed by atoms with Gasteiger partial charge in [0.15, 0.2) is 11.5 Å². The minimum absolute atomic E-state index is 0.0947. The molecule has 4 rings (SSSR count). The number of carbonyl (C=O) groups excluding carboxylic acids is 2. The summed E-state index contributed by atoms with van der Waals surface area (Å²) < 4.78 is 37.2. The lowest BCUT2D eigenvalue weighted by atomic mass is 9.95. The normalized spacial score (nSPS) is 15.9. The average Bonchev–Trinajstić information content (AvgIpc) is 3.39. The fraction of sp³-hybridized carbons (Fsp3) is 0.517. The molecule has 1 N–H and O–H groups in total. The maximum Gasteiger partial charge on any atom is 0.242 e. The summed E-state index contributed by atoms with van der Waals surface area (Å²) >= 11 is 0. The Balaban J connectivity index is 1.41. The van der Waals surface area contributed by atoms with Crippen molar-refractivity contribution in [1.82, 2.24) is 10.2 Å². The van der Waals surface area contributed by atoms with Crippen LogP contribution in [0.5, 0.6) is 11.5 Å². The lowest BCUT2D eigenvalue weighted by Gasteiger charge is -2.31. The van der Waals surface area contributed by atoms with Crippen molar-refractivity contribution in [2.24, 2.45) is 0 Å². The van der Waals surface area contributed by atoms with Crippen LogP contribution in [0.3, 0.4) is 0 Å². The van der Waals surface area contributed by atoms with Crippen LogP contribution in [0.1, 0.15) is 57.4 Å². The standard InChI is InChI=1S/C29H39N3O6S/c1-22(29(34)30-24-12-7-4-8-13-24)31(19-17-23-10-5-3-6-11-23)28(33)14-9-18-32(39(2,35)36)25-15-16-26-27(20-25)38-21-37-26/h3,5-6,10-11,15-16,20,22,24H,4,7-9,12-14,17-19,21H2,1-2H3,(H,30,34). The van der Waals surface area contributed by atoms with Crippen LogP contribution in [0.25, 0.3) is 0 Å². The summed E-state index contributed by atoms with van der Waals surface area (Å²) in [6.45, 7) is 2.40. The van der Waals surface area contributed by atoms with Gasteiger partial charge in [-0.15, -0.1) is 0 Å². The largest absolute Gasteiger partial charge is 0.454 e. The third-order valence-electron chi connectivity index (χ3n) is 7.40. The van der Waals surface area contributed by atoms with E-state index in [-0.39, 0.29) is 37.6 Å². The van der Waals surface area contributed by atoms with Gasteiger partial charge in [-0.1, -0.05) is 49.6 Å². The zero-order chi connectivity index (χ0) is 27.8. The summed E-state index contributed by atoms with van der Waals surface area (Å²) in [5, 5.41) is 3.15. The molecule has 10 heteroatoms. The van der Waals surface area contributed by atoms with Gasteiger partial charge in [-0.05, 0) is 50.3 Å². The Labute approximate surface area is 231 Å². The second kappa shape index (κ2) is 13.2. The maximum absolute atomic E-state index is 13.5. The Morgan fingerprint density at radius 2 is 1.72 bits per heavy atom. The molecule has 0 saturated heterocycles. The molecule has 2 amide bonds. The smallest absolute Gasteiger partial charge is 0.242 e. The van der Waals surface area contributed by atoms with Crippen molar-refractivity contribution in [1.29, 1.82) is 0 Å². The van der Waals surface area contributed by atoms with Crippen molar-refractivity contribution in [3.8, 4) is 11.5 Å². The summed E-state index contributed by atoms with van der Waals surface area (Å²) in [5.74, 6) is 0.747. The lowest BCUT2D eigenvalue weighted by molar-refractivity contribution is -0.140. The SMILES string of the molecule is CC(C(=O)NC1CCCCC1)N(CCc1ccccc1)C(=O)CCCN(c1ccc2c(c1)OCO2)S(C)(=O)=O. The molecule has 1 aliphatic heterocycles. The molecule has 1 atom stereocenters. The van der Waals surface area contributed by atoms with E-state index in [2.05, 4.69) is 5.32 Å². The van der Waals surface area contributed by atoms with Crippen LogP contribution in [-0.2, 0) is 26.0 Å². The van der Waals surface area contributed by atoms with E-state index in [1.807, 2.05) is 30.3 Å². The van der Waals surface area contributed by atoms with Crippen molar-refractivity contribution in [3.63, 3.8) is 0 Å². The quantitative estimate of drug-likeness (QED) is 0.425. The fourth-order valence-corrected chi connectivity index (χ4v) is 6.14. The van der Waals surface area contributed by atoms with E-state index in [9.17, 15) is 18.0 Å². The lowest BCUT2D eigenvalue weighted by Crippen LogP contribution is -2.51. The number of fused-ring (bicyclic) bond motifs is 1. The van der Waals surface area contributed by atoms with Crippen molar-refractivity contribution in [2.75, 3.05) is 30.4 Å². The Kier molecular flexibility index (Phi) is 9.72. The van der Waals surface area contributed by atoms with E-state index in [4.69, 9.17) is 9.47 Å². The third kappa shape index (κ3) is 7.88. The van der Waals surface area contributed by atoms with Gasteiger partial charge in [0.25, 0.3) is 0 Å². The minimum atomic E-state index is -3.60. The number of benzene rings is 2. The van der Waals surface area contributed by atoms with Gasteiger partial charge in [0, 0.05) is 31.6 Å². The molecule has 2 aromatic carbocycles. The van der Waals surface area contributed by atoms with Crippen molar-refractivity contribution in [3.05, 3.63) is 54.1 Å². The summed E-state index contributed by atoms with van der Waals surface area (Å²) in [6.07, 6.45) is 7.54. The zero-order valence-electron chi connectivity index (χ0n) is 22.8. The van der Waals surface area contributed by atoms with E-state index in [0.29, 0.717) is 36.6 Å². The molecule has 0 aromatic heterocycles. The maximum atomic E-state index is 13.5. The Morgan fingerprint density at radius 1 is 1.00 bits per heavy atom. The average molecular weight is 558 g/mol. The first-order valence-electron chi connectivity index (χ1n) is 13.7. The molecule has 0 radical (unpaired) electrons. The van der Waals surface area contributed by atoms with Gasteiger partial charge in [-0.25, -0.2) is 8.42 Å². The van der Waals surface area contributed by atoms with Gasteiger partial charge in [-0.3, -0.25) is 13.9 Å². The Hall–Kier alpha value is -3.27. The molecule has 0 spiro atoms. The molecular weight excluding hydrogens is 518 g/mol. The predicted octanol–water partition coefficient (Wildman–Crippen LogP) is 3.87. The number of nitrogens with one attached hydrogen (secondary N) is 1. The van der Waals surface area contributed by atoms with Crippen LogP contribution in [0.2, 0.25) is 0 Å². The van der Waals surface area contributed by atoms with E-state index in [0.717, 1.165) is 37.5 Å². The monoisotopic (exact) mass is 557 g/mol. The number of amides is 2. The van der Waals surface area contributed by atoms with Crippen LogP contribution >= 0.6 is 0 Å². The Morgan fingerprint density at radius 3 is 2.44 bits per heavy atom. The molecule has 2 aliphatic rings. The molecule has 2 aromatic rings. The molecule has 39 heavy (non-hydrogen) atoms. The summed E-state index contributed by atoms with van der Waals surface area (Å²) in [7, 11) is -3.60. The number of ether oxygens (including phenoxy) is 2. The van der Waals surface area contributed by atoms with Crippen LogP contribution in [0, 0.1) is 0 Å². The molecule has 1 saturated carbocycles.